The number of fused-ring (bicyclic) bond motifs is 1. The van der Waals surface area contributed by atoms with Crippen LogP contribution in [0, 0.1) is 0 Å². The zero-order valence-electron chi connectivity index (χ0n) is 17.3. The number of amides is 2. The van der Waals surface area contributed by atoms with Crippen LogP contribution in [-0.2, 0) is 4.79 Å². The van der Waals surface area contributed by atoms with Crippen LogP contribution in [0.25, 0.3) is 0 Å². The molecule has 0 saturated heterocycles. The molecule has 7 heteroatoms. The Morgan fingerprint density at radius 1 is 1.25 bits per heavy atom. The smallest absolute Gasteiger partial charge is 0.251 e. The van der Waals surface area contributed by atoms with E-state index in [1.165, 1.54) is 0 Å². The lowest BCUT2D eigenvalue weighted by Gasteiger charge is -2.16. The fourth-order valence-corrected chi connectivity index (χ4v) is 3.58. The van der Waals surface area contributed by atoms with Gasteiger partial charge in [-0.25, -0.2) is 4.98 Å². The molecule has 0 bridgehead atoms. The number of rotatable bonds is 6. The summed E-state index contributed by atoms with van der Waals surface area (Å²) < 4.78 is 1.81. The Hall–Kier alpha value is -2.70. The molecule has 1 unspecified atom stereocenters. The zero-order valence-corrected chi connectivity index (χ0v) is 17.3. The molecule has 0 aliphatic carbocycles. The fraction of sp³-hybridized carbons (Fsp3) is 0.524. The van der Waals surface area contributed by atoms with Gasteiger partial charge in [-0.2, -0.15) is 5.10 Å². The lowest BCUT2D eigenvalue weighted by Crippen LogP contribution is -2.33. The molecule has 1 aromatic heterocycles. The van der Waals surface area contributed by atoms with Crippen molar-refractivity contribution < 1.29 is 9.59 Å². The second kappa shape index (κ2) is 8.12. The van der Waals surface area contributed by atoms with Crippen molar-refractivity contribution in [3.8, 4) is 0 Å². The molecule has 2 heterocycles. The molecule has 7 nitrogen and oxygen atoms in total. The van der Waals surface area contributed by atoms with Crippen molar-refractivity contribution in [1.82, 2.24) is 20.1 Å². The Kier molecular flexibility index (Phi) is 5.82. The summed E-state index contributed by atoms with van der Waals surface area (Å²) in [5.41, 5.74) is 2.36. The van der Waals surface area contributed by atoms with E-state index in [0.29, 0.717) is 17.9 Å². The van der Waals surface area contributed by atoms with Crippen LogP contribution in [0.3, 0.4) is 0 Å². The van der Waals surface area contributed by atoms with Crippen molar-refractivity contribution in [2.24, 2.45) is 0 Å². The van der Waals surface area contributed by atoms with Crippen molar-refractivity contribution in [3.63, 3.8) is 0 Å². The topological polar surface area (TPSA) is 80.1 Å². The van der Waals surface area contributed by atoms with Gasteiger partial charge in [0.2, 0.25) is 5.91 Å². The van der Waals surface area contributed by atoms with Gasteiger partial charge in [0.05, 0.1) is 5.92 Å². The first-order chi connectivity index (χ1) is 13.3. The summed E-state index contributed by atoms with van der Waals surface area (Å²) in [6.45, 7) is 10.3. The lowest BCUT2D eigenvalue weighted by molar-refractivity contribution is -0.116. The van der Waals surface area contributed by atoms with Gasteiger partial charge >= 0.3 is 0 Å². The highest BCUT2D eigenvalue weighted by Gasteiger charge is 2.35. The van der Waals surface area contributed by atoms with Crippen molar-refractivity contribution in [3.05, 3.63) is 41.5 Å². The normalized spacial score (nSPS) is 16.0. The Morgan fingerprint density at radius 3 is 2.54 bits per heavy atom. The van der Waals surface area contributed by atoms with Crippen LogP contribution in [0.5, 0.6) is 0 Å². The Bertz CT molecular complexity index is 869. The number of anilines is 1. The minimum atomic E-state index is -0.139. The van der Waals surface area contributed by atoms with E-state index in [2.05, 4.69) is 29.2 Å². The summed E-state index contributed by atoms with van der Waals surface area (Å²) >= 11 is 0. The van der Waals surface area contributed by atoms with Gasteiger partial charge in [-0.15, -0.1) is 0 Å². The summed E-state index contributed by atoms with van der Waals surface area (Å²) in [5.74, 6) is 0.425. The average Bonchev–Trinajstić information content (AvgIpc) is 3.30. The number of hydrogen-bond acceptors (Lipinski definition) is 4. The maximum atomic E-state index is 12.7. The predicted octanol–water partition coefficient (Wildman–Crippen LogP) is 3.28. The zero-order chi connectivity index (χ0) is 20.4. The summed E-state index contributed by atoms with van der Waals surface area (Å²) in [4.78, 5) is 31.0. The first-order valence-corrected chi connectivity index (χ1v) is 9.99. The molecule has 28 heavy (non-hydrogen) atoms. The fourth-order valence-electron chi connectivity index (χ4n) is 3.58. The Morgan fingerprint density at radius 2 is 1.96 bits per heavy atom. The summed E-state index contributed by atoms with van der Waals surface area (Å²) in [5, 5.41) is 7.68. The molecule has 3 rings (SSSR count). The number of hydrogen-bond donors (Lipinski definition) is 1. The van der Waals surface area contributed by atoms with Crippen molar-refractivity contribution in [2.75, 3.05) is 11.4 Å². The number of nitrogens with zero attached hydrogens (tertiary/aromatic N) is 4. The van der Waals surface area contributed by atoms with E-state index in [1.54, 1.807) is 24.2 Å². The minimum absolute atomic E-state index is 0.0266. The molecule has 0 spiro atoms. The lowest BCUT2D eigenvalue weighted by atomic mass is 9.98. The molecule has 2 aromatic rings. The molecule has 1 aliphatic rings. The van der Waals surface area contributed by atoms with Gasteiger partial charge in [-0.1, -0.05) is 13.8 Å². The molecule has 150 valence electrons. The number of carbonyl (C=O) groups is 2. The predicted molar refractivity (Wildman–Crippen MR) is 109 cm³/mol. The van der Waals surface area contributed by atoms with Crippen LogP contribution in [0.4, 0.5) is 5.69 Å². The van der Waals surface area contributed by atoms with Crippen LogP contribution < -0.4 is 10.2 Å². The van der Waals surface area contributed by atoms with Crippen LogP contribution in [0.1, 0.15) is 81.2 Å². The number of benzene rings is 1. The molecular weight excluding hydrogens is 354 g/mol. The summed E-state index contributed by atoms with van der Waals surface area (Å²) in [6, 6.07) is 5.90. The quantitative estimate of drug-likeness (QED) is 0.830. The molecule has 1 N–H and O–H groups in total. The molecule has 1 aliphatic heterocycles. The number of nitrogens with one attached hydrogen (secondary N) is 1. The van der Waals surface area contributed by atoms with Crippen molar-refractivity contribution in [2.45, 2.75) is 65.5 Å². The molecule has 1 aromatic carbocycles. The van der Waals surface area contributed by atoms with E-state index in [0.717, 1.165) is 24.1 Å². The van der Waals surface area contributed by atoms with E-state index in [9.17, 15) is 9.59 Å². The van der Waals surface area contributed by atoms with Gasteiger partial charge in [0.1, 0.15) is 6.33 Å². The van der Waals surface area contributed by atoms with Crippen LogP contribution in [-0.4, -0.2) is 39.2 Å². The standard InChI is InChI=1S/C21H29N5O2/c1-6-16(7-2)23-21(28)15-8-9-19-17(10-15)18(11-25(19)14(5)27)20-22-12-26(24-20)13(3)4/h8-10,12-13,16,18H,6-7,11H2,1-5H3,(H,23,28). The van der Waals surface area contributed by atoms with E-state index in [4.69, 9.17) is 0 Å². The second-order valence-corrected chi connectivity index (χ2v) is 7.62. The van der Waals surface area contributed by atoms with Gasteiger partial charge in [0.15, 0.2) is 5.82 Å². The van der Waals surface area contributed by atoms with E-state index >= 15 is 0 Å². The second-order valence-electron chi connectivity index (χ2n) is 7.62. The SMILES string of the molecule is CCC(CC)NC(=O)c1ccc2c(c1)C(c1ncn(C(C)C)n1)CN2C(C)=O. The average molecular weight is 383 g/mol. The molecular formula is C21H29N5O2. The van der Waals surface area contributed by atoms with Crippen LogP contribution >= 0.6 is 0 Å². The van der Waals surface area contributed by atoms with Gasteiger partial charge in [0.25, 0.3) is 5.91 Å². The minimum Gasteiger partial charge on any atom is -0.349 e. The van der Waals surface area contributed by atoms with Gasteiger partial charge in [-0.05, 0) is 50.5 Å². The van der Waals surface area contributed by atoms with E-state index in [-0.39, 0.29) is 29.8 Å². The Labute approximate surface area is 166 Å². The maximum Gasteiger partial charge on any atom is 0.251 e. The highest BCUT2D eigenvalue weighted by Crippen LogP contribution is 2.39. The van der Waals surface area contributed by atoms with Crippen LogP contribution in [0.15, 0.2) is 24.5 Å². The third-order valence-corrected chi connectivity index (χ3v) is 5.39. The highest BCUT2D eigenvalue weighted by molar-refractivity contribution is 5.98. The largest absolute Gasteiger partial charge is 0.349 e. The van der Waals surface area contributed by atoms with Gasteiger partial charge in [-0.3, -0.25) is 14.3 Å². The number of aromatic nitrogens is 3. The first kappa shape index (κ1) is 20.0. The third-order valence-electron chi connectivity index (χ3n) is 5.39. The molecule has 2 amide bonds. The first-order valence-electron chi connectivity index (χ1n) is 9.99. The van der Waals surface area contributed by atoms with E-state index < -0.39 is 0 Å². The molecule has 0 fully saturated rings. The van der Waals surface area contributed by atoms with E-state index in [1.807, 2.05) is 30.7 Å². The molecule has 1 atom stereocenters. The highest BCUT2D eigenvalue weighted by atomic mass is 16.2. The monoisotopic (exact) mass is 383 g/mol. The molecule has 0 radical (unpaired) electrons. The maximum absolute atomic E-state index is 12.7. The van der Waals surface area contributed by atoms with Crippen molar-refractivity contribution >= 4 is 17.5 Å². The summed E-state index contributed by atoms with van der Waals surface area (Å²) in [6.07, 6.45) is 3.51. The molecule has 0 saturated carbocycles. The van der Waals surface area contributed by atoms with Crippen LogP contribution in [0.2, 0.25) is 0 Å². The Balaban J connectivity index is 1.96. The van der Waals surface area contributed by atoms with Gasteiger partial charge in [0, 0.05) is 36.8 Å². The van der Waals surface area contributed by atoms with Gasteiger partial charge < -0.3 is 10.2 Å². The van der Waals surface area contributed by atoms with Crippen molar-refractivity contribution in [1.29, 1.82) is 0 Å². The number of carbonyl (C=O) groups excluding carboxylic acids is 2. The summed E-state index contributed by atoms with van der Waals surface area (Å²) in [7, 11) is 0. The third kappa shape index (κ3) is 3.79.